The van der Waals surface area contributed by atoms with Crippen molar-refractivity contribution in [2.75, 3.05) is 6.61 Å². The molecule has 0 N–H and O–H groups in total. The molecule has 20 heavy (non-hydrogen) atoms. The number of esters is 1. The molecule has 0 unspecified atom stereocenters. The van der Waals surface area contributed by atoms with Crippen LogP contribution in [0.4, 0.5) is 0 Å². The summed E-state index contributed by atoms with van der Waals surface area (Å²) in [6.45, 7) is 9.94. The van der Waals surface area contributed by atoms with Gasteiger partial charge < -0.3 is 9.57 Å². The van der Waals surface area contributed by atoms with Crippen LogP contribution in [0.2, 0.25) is 0 Å². The van der Waals surface area contributed by atoms with E-state index in [1.165, 1.54) is 0 Å². The van der Waals surface area contributed by atoms with E-state index in [4.69, 9.17) is 9.57 Å². The summed E-state index contributed by atoms with van der Waals surface area (Å²) in [6.07, 6.45) is 0.917. The quantitative estimate of drug-likeness (QED) is 0.569. The summed E-state index contributed by atoms with van der Waals surface area (Å²) < 4.78 is 4.94. The zero-order valence-electron chi connectivity index (χ0n) is 12.2. The number of ether oxygens (including phenoxy) is 1. The molecule has 0 aromatic rings. The van der Waals surface area contributed by atoms with Crippen molar-refractivity contribution in [2.45, 2.75) is 46.5 Å². The van der Waals surface area contributed by atoms with Gasteiger partial charge in [-0.05, 0) is 18.3 Å². The highest BCUT2D eigenvalue weighted by Crippen LogP contribution is 2.21. The minimum absolute atomic E-state index is 0.0561. The topological polar surface area (TPSA) is 72.9 Å². The van der Waals surface area contributed by atoms with Gasteiger partial charge in [-0.3, -0.25) is 9.59 Å². The minimum Gasteiger partial charge on any atom is -0.465 e. The van der Waals surface area contributed by atoms with E-state index in [9.17, 15) is 14.4 Å². The molecule has 1 heterocycles. The molecule has 0 bridgehead atoms. The van der Waals surface area contributed by atoms with Gasteiger partial charge in [-0.1, -0.05) is 27.4 Å². The molecule has 6 heteroatoms. The van der Waals surface area contributed by atoms with Crippen LogP contribution < -0.4 is 0 Å². The maximum absolute atomic E-state index is 11.5. The van der Waals surface area contributed by atoms with Crippen molar-refractivity contribution in [3.8, 4) is 0 Å². The van der Waals surface area contributed by atoms with Crippen molar-refractivity contribution in [1.29, 1.82) is 0 Å². The lowest BCUT2D eigenvalue weighted by molar-refractivity contribution is -0.188. The van der Waals surface area contributed by atoms with Crippen LogP contribution in [0.5, 0.6) is 0 Å². The second kappa shape index (κ2) is 6.54. The number of hydroxylamine groups is 2. The number of amides is 1. The zero-order chi connectivity index (χ0) is 15.3. The van der Waals surface area contributed by atoms with Gasteiger partial charge in [-0.25, -0.2) is 4.79 Å². The Morgan fingerprint density at radius 1 is 1.25 bits per heavy atom. The van der Waals surface area contributed by atoms with Gasteiger partial charge >= 0.3 is 11.9 Å². The Labute approximate surface area is 118 Å². The fourth-order valence-corrected chi connectivity index (χ4v) is 1.52. The van der Waals surface area contributed by atoms with Crippen molar-refractivity contribution in [3.63, 3.8) is 0 Å². The fourth-order valence-electron chi connectivity index (χ4n) is 1.52. The van der Waals surface area contributed by atoms with E-state index in [0.29, 0.717) is 18.5 Å². The summed E-state index contributed by atoms with van der Waals surface area (Å²) in [4.78, 5) is 39.1. The highest BCUT2D eigenvalue weighted by Gasteiger charge is 2.29. The van der Waals surface area contributed by atoms with Crippen LogP contribution in [0.15, 0.2) is 12.3 Å². The Bertz CT molecular complexity index is 406. The normalized spacial score (nSPS) is 15.4. The van der Waals surface area contributed by atoms with Crippen LogP contribution in [-0.4, -0.2) is 29.5 Å². The Morgan fingerprint density at radius 3 is 2.40 bits per heavy atom. The van der Waals surface area contributed by atoms with Crippen molar-refractivity contribution in [2.24, 2.45) is 5.41 Å². The molecular formula is C14H21NO5. The molecular weight excluding hydrogens is 262 g/mol. The van der Waals surface area contributed by atoms with E-state index in [-0.39, 0.29) is 24.3 Å². The fraction of sp³-hybridized carbons (Fsp3) is 0.643. The van der Waals surface area contributed by atoms with Crippen LogP contribution in [0.25, 0.3) is 0 Å². The lowest BCUT2D eigenvalue weighted by Gasteiger charge is -2.18. The van der Waals surface area contributed by atoms with Crippen LogP contribution >= 0.6 is 0 Å². The second-order valence-corrected chi connectivity index (χ2v) is 5.93. The van der Waals surface area contributed by atoms with Crippen molar-refractivity contribution >= 4 is 17.8 Å². The lowest BCUT2D eigenvalue weighted by Crippen LogP contribution is -2.28. The number of rotatable bonds is 5. The maximum Gasteiger partial charge on any atom is 0.344 e. The van der Waals surface area contributed by atoms with Gasteiger partial charge in [0.2, 0.25) is 0 Å². The van der Waals surface area contributed by atoms with Gasteiger partial charge in [-0.15, -0.1) is 5.06 Å². The molecule has 1 aliphatic rings. The average molecular weight is 283 g/mol. The average Bonchev–Trinajstić information content (AvgIpc) is 2.58. The SMILES string of the molecule is C=C1CCC(=O)N1OC(=O)CC(=O)OCCC(C)(C)C. The number of hydrogen-bond donors (Lipinski definition) is 0. The Morgan fingerprint density at radius 2 is 1.90 bits per heavy atom. The van der Waals surface area contributed by atoms with Gasteiger partial charge in [0.05, 0.1) is 12.3 Å². The van der Waals surface area contributed by atoms with E-state index in [0.717, 1.165) is 5.06 Å². The summed E-state index contributed by atoms with van der Waals surface area (Å²) in [5.41, 5.74) is 0.477. The van der Waals surface area contributed by atoms with Gasteiger partial charge in [-0.2, -0.15) is 0 Å². The molecule has 0 atom stereocenters. The highest BCUT2D eigenvalue weighted by atomic mass is 16.7. The Balaban J connectivity index is 2.30. The summed E-state index contributed by atoms with van der Waals surface area (Å²) in [6, 6.07) is 0. The number of hydrogen-bond acceptors (Lipinski definition) is 5. The first-order chi connectivity index (χ1) is 9.19. The van der Waals surface area contributed by atoms with E-state index in [1.807, 2.05) is 20.8 Å². The predicted octanol–water partition coefficient (Wildman–Crippen LogP) is 1.95. The molecule has 112 valence electrons. The number of allylic oxidation sites excluding steroid dienone is 1. The molecule has 0 aromatic carbocycles. The number of carbonyl (C=O) groups excluding carboxylic acids is 3. The molecule has 0 saturated carbocycles. The standard InChI is InChI=1S/C14H21NO5/c1-10-5-6-11(16)15(10)20-13(18)9-12(17)19-8-7-14(2,3)4/h1,5-9H2,2-4H3. The second-order valence-electron chi connectivity index (χ2n) is 5.93. The summed E-state index contributed by atoms with van der Waals surface area (Å²) >= 11 is 0. The number of nitrogens with zero attached hydrogens (tertiary/aromatic N) is 1. The van der Waals surface area contributed by atoms with Crippen molar-refractivity contribution < 1.29 is 24.0 Å². The molecule has 0 aromatic heterocycles. The highest BCUT2D eigenvalue weighted by molar-refractivity contribution is 5.92. The molecule has 0 aliphatic carbocycles. The molecule has 1 amide bonds. The molecule has 0 spiro atoms. The number of carbonyl (C=O) groups is 3. The summed E-state index contributed by atoms with van der Waals surface area (Å²) in [5, 5.41) is 0.852. The third kappa shape index (κ3) is 5.42. The summed E-state index contributed by atoms with van der Waals surface area (Å²) in [5.74, 6) is -1.80. The first kappa shape index (κ1) is 16.2. The summed E-state index contributed by atoms with van der Waals surface area (Å²) in [7, 11) is 0. The third-order valence-electron chi connectivity index (χ3n) is 2.74. The Hall–Kier alpha value is -1.85. The van der Waals surface area contributed by atoms with Crippen molar-refractivity contribution in [1.82, 2.24) is 5.06 Å². The lowest BCUT2D eigenvalue weighted by atomic mass is 9.93. The zero-order valence-corrected chi connectivity index (χ0v) is 12.2. The molecule has 1 rings (SSSR count). The van der Waals surface area contributed by atoms with E-state index < -0.39 is 18.4 Å². The predicted molar refractivity (Wildman–Crippen MR) is 71.0 cm³/mol. The van der Waals surface area contributed by atoms with Gasteiger partial charge in [0.25, 0.3) is 5.91 Å². The van der Waals surface area contributed by atoms with Crippen LogP contribution in [0, 0.1) is 5.41 Å². The van der Waals surface area contributed by atoms with Crippen LogP contribution in [0.3, 0.4) is 0 Å². The minimum atomic E-state index is -0.817. The molecule has 1 aliphatic heterocycles. The molecule has 0 radical (unpaired) electrons. The molecule has 1 fully saturated rings. The van der Waals surface area contributed by atoms with Gasteiger partial charge in [0.1, 0.15) is 6.42 Å². The molecule has 6 nitrogen and oxygen atoms in total. The maximum atomic E-state index is 11.5. The largest absolute Gasteiger partial charge is 0.465 e. The first-order valence-corrected chi connectivity index (χ1v) is 6.56. The first-order valence-electron chi connectivity index (χ1n) is 6.56. The van der Waals surface area contributed by atoms with Crippen molar-refractivity contribution in [3.05, 3.63) is 12.3 Å². The van der Waals surface area contributed by atoms with Crippen LogP contribution in [-0.2, 0) is 24.0 Å². The van der Waals surface area contributed by atoms with E-state index in [1.54, 1.807) is 0 Å². The molecule has 1 saturated heterocycles. The van der Waals surface area contributed by atoms with Gasteiger partial charge in [0, 0.05) is 6.42 Å². The monoisotopic (exact) mass is 283 g/mol. The van der Waals surface area contributed by atoms with Crippen LogP contribution in [0.1, 0.15) is 46.5 Å². The smallest absolute Gasteiger partial charge is 0.344 e. The Kier molecular flexibility index (Phi) is 5.30. The van der Waals surface area contributed by atoms with Gasteiger partial charge in [0.15, 0.2) is 0 Å². The van der Waals surface area contributed by atoms with E-state index in [2.05, 4.69) is 6.58 Å². The third-order valence-corrected chi connectivity index (χ3v) is 2.74. The van der Waals surface area contributed by atoms with E-state index >= 15 is 0 Å².